The first kappa shape index (κ1) is 5.75. The smallest absolute Gasteiger partial charge is 0.174 e. The Morgan fingerprint density at radius 1 is 1.38 bits per heavy atom. The predicted octanol–water partition coefficient (Wildman–Crippen LogP) is -0.748. The molecule has 0 bridgehead atoms. The van der Waals surface area contributed by atoms with E-state index < -0.39 is 12.4 Å². The average Bonchev–Trinajstić information content (AvgIpc) is 1.77. The van der Waals surface area contributed by atoms with Gasteiger partial charge in [0.25, 0.3) is 0 Å². The fourth-order valence-corrected chi connectivity index (χ4v) is 0.532. The van der Waals surface area contributed by atoms with Crippen molar-refractivity contribution in [3.05, 3.63) is 12.2 Å². The summed E-state index contributed by atoms with van der Waals surface area (Å²) < 4.78 is 4.61. The van der Waals surface area contributed by atoms with E-state index in [-0.39, 0.29) is 6.61 Å². The number of hydrogen-bond acceptors (Lipinski definition) is 3. The molecule has 0 amide bonds. The van der Waals surface area contributed by atoms with Crippen LogP contribution < -0.4 is 0 Å². The number of ether oxygens (including phenoxy) is 1. The van der Waals surface area contributed by atoms with Gasteiger partial charge in [0.1, 0.15) is 0 Å². The summed E-state index contributed by atoms with van der Waals surface area (Å²) in [6.45, 7) is 0.192. The Bertz CT molecular complexity index is 87.8. The third-order valence-corrected chi connectivity index (χ3v) is 0.936. The summed E-state index contributed by atoms with van der Waals surface area (Å²) in [7, 11) is 0. The van der Waals surface area contributed by atoms with Gasteiger partial charge in [-0.05, 0) is 6.08 Å². The van der Waals surface area contributed by atoms with Crippen LogP contribution in [0, 0.1) is 0 Å². The minimum absolute atomic E-state index is 0.192. The monoisotopic (exact) mass is 116 g/mol. The molecule has 0 spiro atoms. The molecule has 0 aromatic heterocycles. The van der Waals surface area contributed by atoms with Crippen molar-refractivity contribution < 1.29 is 14.9 Å². The molecule has 1 aliphatic rings. The van der Waals surface area contributed by atoms with Gasteiger partial charge in [0.05, 0.1) is 12.7 Å². The second kappa shape index (κ2) is 2.26. The molecule has 3 heteroatoms. The zero-order valence-corrected chi connectivity index (χ0v) is 4.32. The van der Waals surface area contributed by atoms with Gasteiger partial charge in [-0.2, -0.15) is 0 Å². The number of aliphatic hydroxyl groups excluding tert-OH is 2. The highest BCUT2D eigenvalue weighted by Crippen LogP contribution is 2.00. The highest BCUT2D eigenvalue weighted by molar-refractivity contribution is 4.94. The Kier molecular flexibility index (Phi) is 1.62. The molecule has 0 aromatic rings. The van der Waals surface area contributed by atoms with Gasteiger partial charge in [-0.15, -0.1) is 0 Å². The van der Waals surface area contributed by atoms with Crippen molar-refractivity contribution in [1.29, 1.82) is 0 Å². The van der Waals surface area contributed by atoms with Gasteiger partial charge in [0, 0.05) is 0 Å². The normalized spacial score (nSPS) is 37.8. The standard InChI is InChI=1S/C5H8O3/c6-4-1-2-5(7)8-3-4/h1-2,4-7H,3H2/t4-,5-/m0/s1. The second-order valence-corrected chi connectivity index (χ2v) is 1.68. The first-order valence-electron chi connectivity index (χ1n) is 2.45. The second-order valence-electron chi connectivity index (χ2n) is 1.68. The molecule has 46 valence electrons. The van der Waals surface area contributed by atoms with Crippen LogP contribution in [-0.4, -0.2) is 29.2 Å². The zero-order valence-electron chi connectivity index (χ0n) is 4.32. The molecule has 8 heavy (non-hydrogen) atoms. The molecule has 0 saturated heterocycles. The minimum atomic E-state index is -0.821. The van der Waals surface area contributed by atoms with E-state index in [1.54, 1.807) is 0 Å². The molecule has 0 aliphatic carbocycles. The lowest BCUT2D eigenvalue weighted by Gasteiger charge is -2.15. The van der Waals surface area contributed by atoms with E-state index in [4.69, 9.17) is 10.2 Å². The lowest BCUT2D eigenvalue weighted by atomic mass is 10.3. The van der Waals surface area contributed by atoms with Crippen molar-refractivity contribution in [3.63, 3.8) is 0 Å². The Morgan fingerprint density at radius 2 is 2.12 bits per heavy atom. The van der Waals surface area contributed by atoms with Crippen LogP contribution in [0.15, 0.2) is 12.2 Å². The summed E-state index contributed by atoms with van der Waals surface area (Å²) in [4.78, 5) is 0. The maximum absolute atomic E-state index is 8.70. The molecule has 3 nitrogen and oxygen atoms in total. The van der Waals surface area contributed by atoms with Crippen molar-refractivity contribution in [2.24, 2.45) is 0 Å². The molecule has 0 fully saturated rings. The number of hydrogen-bond donors (Lipinski definition) is 2. The first-order chi connectivity index (χ1) is 3.79. The van der Waals surface area contributed by atoms with Crippen molar-refractivity contribution in [2.75, 3.05) is 6.61 Å². The third kappa shape index (κ3) is 1.30. The van der Waals surface area contributed by atoms with Crippen LogP contribution >= 0.6 is 0 Å². The van der Waals surface area contributed by atoms with E-state index in [1.165, 1.54) is 12.2 Å². The van der Waals surface area contributed by atoms with Gasteiger partial charge in [-0.1, -0.05) is 6.08 Å². The Morgan fingerprint density at radius 3 is 2.50 bits per heavy atom. The van der Waals surface area contributed by atoms with E-state index >= 15 is 0 Å². The van der Waals surface area contributed by atoms with E-state index in [2.05, 4.69) is 4.74 Å². The number of aliphatic hydroxyl groups is 2. The van der Waals surface area contributed by atoms with Gasteiger partial charge < -0.3 is 14.9 Å². The molecule has 1 aliphatic heterocycles. The van der Waals surface area contributed by atoms with Crippen molar-refractivity contribution in [3.8, 4) is 0 Å². The van der Waals surface area contributed by atoms with Crippen LogP contribution in [0.4, 0.5) is 0 Å². The molecule has 0 unspecified atom stereocenters. The summed E-state index contributed by atoms with van der Waals surface area (Å²) in [6.07, 6.45) is 1.55. The lowest BCUT2D eigenvalue weighted by molar-refractivity contribution is -0.0941. The molecule has 0 saturated carbocycles. The fourth-order valence-electron chi connectivity index (χ4n) is 0.532. The van der Waals surface area contributed by atoms with Crippen LogP contribution in [0.25, 0.3) is 0 Å². The van der Waals surface area contributed by atoms with E-state index in [9.17, 15) is 0 Å². The summed E-state index contributed by atoms with van der Waals surface area (Å²) in [6, 6.07) is 0. The first-order valence-corrected chi connectivity index (χ1v) is 2.45. The molecule has 2 atom stereocenters. The molecule has 1 rings (SSSR count). The zero-order chi connectivity index (χ0) is 5.98. The Labute approximate surface area is 47.2 Å². The predicted molar refractivity (Wildman–Crippen MR) is 27.1 cm³/mol. The summed E-state index contributed by atoms with van der Waals surface area (Å²) in [5, 5.41) is 17.3. The maximum Gasteiger partial charge on any atom is 0.174 e. The fraction of sp³-hybridized carbons (Fsp3) is 0.600. The molecular weight excluding hydrogens is 108 g/mol. The van der Waals surface area contributed by atoms with E-state index in [0.717, 1.165) is 0 Å². The Balaban J connectivity index is 2.42. The minimum Gasteiger partial charge on any atom is -0.387 e. The van der Waals surface area contributed by atoms with Gasteiger partial charge >= 0.3 is 0 Å². The average molecular weight is 116 g/mol. The van der Waals surface area contributed by atoms with Crippen LogP contribution in [0.5, 0.6) is 0 Å². The number of rotatable bonds is 0. The SMILES string of the molecule is O[C@@H]1C=C[C@H](O)CO1. The van der Waals surface area contributed by atoms with E-state index in [1.807, 2.05) is 0 Å². The molecule has 1 heterocycles. The summed E-state index contributed by atoms with van der Waals surface area (Å²) >= 11 is 0. The van der Waals surface area contributed by atoms with Gasteiger partial charge in [0.2, 0.25) is 0 Å². The maximum atomic E-state index is 8.70. The largest absolute Gasteiger partial charge is 0.387 e. The van der Waals surface area contributed by atoms with E-state index in [0.29, 0.717) is 0 Å². The van der Waals surface area contributed by atoms with Crippen LogP contribution in [-0.2, 0) is 4.74 Å². The molecule has 0 aromatic carbocycles. The Hall–Kier alpha value is -0.380. The van der Waals surface area contributed by atoms with Crippen LogP contribution in [0.1, 0.15) is 0 Å². The van der Waals surface area contributed by atoms with Crippen molar-refractivity contribution in [1.82, 2.24) is 0 Å². The molecular formula is C5H8O3. The summed E-state index contributed by atoms with van der Waals surface area (Å²) in [5.41, 5.74) is 0. The molecule has 0 radical (unpaired) electrons. The van der Waals surface area contributed by atoms with Gasteiger partial charge in [0.15, 0.2) is 6.29 Å². The molecule has 2 N–H and O–H groups in total. The summed E-state index contributed by atoms with van der Waals surface area (Å²) in [5.74, 6) is 0. The van der Waals surface area contributed by atoms with Gasteiger partial charge in [-0.3, -0.25) is 0 Å². The van der Waals surface area contributed by atoms with Gasteiger partial charge in [-0.25, -0.2) is 0 Å². The van der Waals surface area contributed by atoms with Crippen LogP contribution in [0.2, 0.25) is 0 Å². The van der Waals surface area contributed by atoms with Crippen LogP contribution in [0.3, 0.4) is 0 Å². The van der Waals surface area contributed by atoms with Crippen molar-refractivity contribution >= 4 is 0 Å². The topological polar surface area (TPSA) is 49.7 Å². The highest BCUT2D eigenvalue weighted by Gasteiger charge is 2.09. The quantitative estimate of drug-likeness (QED) is 0.409. The third-order valence-electron chi connectivity index (χ3n) is 0.936. The highest BCUT2D eigenvalue weighted by atomic mass is 16.6. The van der Waals surface area contributed by atoms with Crippen molar-refractivity contribution in [2.45, 2.75) is 12.4 Å². The lowest BCUT2D eigenvalue weighted by Crippen LogP contribution is -2.23.